The Kier molecular flexibility index (Phi) is 15.2. The molecule has 246 valence electrons. The number of anilines is 2. The van der Waals surface area contributed by atoms with Crippen LogP contribution in [0, 0.1) is 13.8 Å². The summed E-state index contributed by atoms with van der Waals surface area (Å²) in [7, 11) is -10.6. The molecule has 4 N–H and O–H groups in total. The maximum absolute atomic E-state index is 12.2. The number of phenolic OH excluding ortho intramolecular Hbond substituents is 1. The van der Waals surface area contributed by atoms with Gasteiger partial charge in [0.05, 0.1) is 26.6 Å². The van der Waals surface area contributed by atoms with Crippen molar-refractivity contribution in [2.75, 3.05) is 30.8 Å². The minimum absolute atomic E-state index is 0. The summed E-state index contributed by atoms with van der Waals surface area (Å²) >= 11 is 0. The van der Waals surface area contributed by atoms with Crippen LogP contribution in [0.3, 0.4) is 0 Å². The van der Waals surface area contributed by atoms with Crippen LogP contribution in [0.2, 0.25) is 0 Å². The number of nitrogens with two attached hydrogens (primary N) is 1. The van der Waals surface area contributed by atoms with Crippen LogP contribution in [-0.2, 0) is 29.8 Å². The summed E-state index contributed by atoms with van der Waals surface area (Å²) in [6.07, 6.45) is 0.503. The monoisotopic (exact) mass is 727 g/mol. The number of benzene rings is 4. The van der Waals surface area contributed by atoms with Gasteiger partial charge in [0.1, 0.15) is 32.5 Å². The van der Waals surface area contributed by atoms with Crippen LogP contribution in [-0.4, -0.2) is 56.7 Å². The average molecular weight is 728 g/mol. The Morgan fingerprint density at radius 3 is 2.10 bits per heavy atom. The maximum atomic E-state index is 12.2. The van der Waals surface area contributed by atoms with Crippen LogP contribution < -0.4 is 70.2 Å². The molecule has 49 heavy (non-hydrogen) atoms. The predicted octanol–water partition coefficient (Wildman–Crippen LogP) is -0.701. The zero-order valence-corrected chi connectivity index (χ0v) is 32.5. The number of nitrogens with zero attached hydrogens (tertiary/aromatic N) is 5. The molecule has 0 radical (unpaired) electrons. The number of carbonyl (C=O) groups is 1. The van der Waals surface area contributed by atoms with Crippen molar-refractivity contribution >= 4 is 59.7 Å². The van der Waals surface area contributed by atoms with Crippen molar-refractivity contribution in [2.45, 2.75) is 30.1 Å². The fourth-order valence-corrected chi connectivity index (χ4v) is 6.03. The molecule has 0 aliphatic heterocycles. The van der Waals surface area contributed by atoms with Crippen molar-refractivity contribution in [2.24, 2.45) is 15.3 Å². The summed E-state index contributed by atoms with van der Waals surface area (Å²) in [5.74, 6) is -1.12. The predicted molar refractivity (Wildman–Crippen MR) is 170 cm³/mol. The van der Waals surface area contributed by atoms with E-state index in [0.717, 1.165) is 28.8 Å². The van der Waals surface area contributed by atoms with Crippen LogP contribution in [0.1, 0.15) is 17.5 Å². The molecule has 20 heteroatoms. The van der Waals surface area contributed by atoms with Crippen molar-refractivity contribution in [3.8, 4) is 16.9 Å². The number of phenols is 1. The molecule has 1 amide bonds. The number of aromatic hydroxyl groups is 1. The van der Waals surface area contributed by atoms with Gasteiger partial charge in [-0.25, -0.2) is 16.8 Å². The minimum atomic E-state index is -5.32. The Morgan fingerprint density at radius 1 is 0.918 bits per heavy atom. The molecule has 0 saturated carbocycles. The van der Waals surface area contributed by atoms with E-state index in [4.69, 9.17) is 16.0 Å². The van der Waals surface area contributed by atoms with E-state index < -0.39 is 52.2 Å². The Bertz CT molecular complexity index is 2190. The molecule has 0 aromatic heterocycles. The molecule has 4 aromatic carbocycles. The summed E-state index contributed by atoms with van der Waals surface area (Å²) in [5.41, 5.74) is 17.2. The SMILES string of the molecule is Cc1cc(-c2ccc(NC(=O)COCCCN=[N+]=[N-])c(C)c2)ccc1N=Nc1ccc2c(S(=O)(=O)[O-])cc(S(=O)(=O)[O-])c(N)c2c1O.[Na+].[Na+]. The second-order valence-electron chi connectivity index (χ2n) is 10.2. The molecule has 0 fully saturated rings. The molecule has 0 heterocycles. The van der Waals surface area contributed by atoms with E-state index in [9.17, 15) is 35.8 Å². The number of rotatable bonds is 12. The van der Waals surface area contributed by atoms with E-state index in [1.54, 1.807) is 25.1 Å². The Balaban J connectivity index is 0.00000417. The van der Waals surface area contributed by atoms with Gasteiger partial charge >= 0.3 is 59.1 Å². The molecular formula is C29H27N7Na2O9S2. The van der Waals surface area contributed by atoms with E-state index in [1.165, 1.54) is 0 Å². The number of hydrogen-bond acceptors (Lipinski definition) is 13. The van der Waals surface area contributed by atoms with Crippen molar-refractivity contribution in [1.29, 1.82) is 0 Å². The number of ether oxygens (including phenoxy) is 1. The van der Waals surface area contributed by atoms with Crippen LogP contribution in [0.15, 0.2) is 79.7 Å². The van der Waals surface area contributed by atoms with E-state index in [2.05, 4.69) is 25.6 Å². The maximum Gasteiger partial charge on any atom is 1.00 e. The number of amides is 1. The molecule has 4 rings (SSSR count). The van der Waals surface area contributed by atoms with Gasteiger partial charge in [-0.3, -0.25) is 4.79 Å². The third-order valence-corrected chi connectivity index (χ3v) is 8.65. The summed E-state index contributed by atoms with van der Waals surface area (Å²) in [5, 5.41) is 24.2. The normalized spacial score (nSPS) is 11.4. The molecule has 0 atom stereocenters. The van der Waals surface area contributed by atoms with Gasteiger partial charge < -0.3 is 30.0 Å². The summed E-state index contributed by atoms with van der Waals surface area (Å²) in [6, 6.07) is 13.4. The number of nitrogen functional groups attached to an aromatic ring is 1. The zero-order valence-electron chi connectivity index (χ0n) is 26.9. The molecule has 16 nitrogen and oxygen atoms in total. The first-order valence-corrected chi connectivity index (χ1v) is 16.4. The number of azo groups is 1. The third kappa shape index (κ3) is 10.5. The van der Waals surface area contributed by atoms with Crippen molar-refractivity contribution < 1.29 is 99.7 Å². The van der Waals surface area contributed by atoms with Gasteiger partial charge in [0.15, 0.2) is 5.75 Å². The van der Waals surface area contributed by atoms with E-state index in [-0.39, 0.29) is 90.5 Å². The topological polar surface area (TPSA) is 272 Å². The van der Waals surface area contributed by atoms with Gasteiger partial charge in [0.25, 0.3) is 0 Å². The van der Waals surface area contributed by atoms with Gasteiger partial charge in [-0.2, -0.15) is 5.11 Å². The number of fused-ring (bicyclic) bond motifs is 1. The molecule has 0 saturated heterocycles. The fourth-order valence-electron chi connectivity index (χ4n) is 4.62. The van der Waals surface area contributed by atoms with Gasteiger partial charge in [-0.15, -0.1) is 5.11 Å². The van der Waals surface area contributed by atoms with E-state index in [0.29, 0.717) is 29.4 Å². The molecule has 0 unspecified atom stereocenters. The first-order chi connectivity index (χ1) is 22.1. The average Bonchev–Trinajstić information content (AvgIpc) is 2.99. The summed E-state index contributed by atoms with van der Waals surface area (Å²) in [4.78, 5) is 12.7. The van der Waals surface area contributed by atoms with Crippen molar-refractivity contribution in [1.82, 2.24) is 0 Å². The number of azide groups is 1. The molecule has 0 bridgehead atoms. The van der Waals surface area contributed by atoms with E-state index in [1.807, 2.05) is 25.1 Å². The molecule has 4 aromatic rings. The van der Waals surface area contributed by atoms with E-state index >= 15 is 0 Å². The first kappa shape index (κ1) is 42.1. The molecule has 0 aliphatic carbocycles. The Hall–Kier alpha value is -3.10. The molecule has 0 spiro atoms. The fraction of sp³-hybridized carbons (Fsp3) is 0.207. The number of hydrogen-bond donors (Lipinski definition) is 3. The van der Waals surface area contributed by atoms with Crippen molar-refractivity contribution in [3.63, 3.8) is 0 Å². The second kappa shape index (κ2) is 17.7. The molecule has 0 aliphatic rings. The van der Waals surface area contributed by atoms with Gasteiger partial charge in [0.2, 0.25) is 5.91 Å². The van der Waals surface area contributed by atoms with Gasteiger partial charge in [-0.05, 0) is 84.5 Å². The van der Waals surface area contributed by atoms with Crippen molar-refractivity contribution in [3.05, 3.63) is 76.2 Å². The largest absolute Gasteiger partial charge is 1.00 e. The van der Waals surface area contributed by atoms with Crippen LogP contribution in [0.25, 0.3) is 32.3 Å². The minimum Gasteiger partial charge on any atom is -0.744 e. The Labute approximate surface area is 325 Å². The Morgan fingerprint density at radius 2 is 1.51 bits per heavy atom. The number of nitrogens with one attached hydrogen (secondary N) is 1. The summed E-state index contributed by atoms with van der Waals surface area (Å²) in [6.45, 7) is 4.02. The molecular weight excluding hydrogens is 700 g/mol. The van der Waals surface area contributed by atoms with Gasteiger partial charge in [-0.1, -0.05) is 23.3 Å². The quantitative estimate of drug-likeness (QED) is 0.0314. The third-order valence-electron chi connectivity index (χ3n) is 6.90. The zero-order chi connectivity index (χ0) is 34.5. The van der Waals surface area contributed by atoms with Gasteiger partial charge in [0, 0.05) is 29.1 Å². The summed E-state index contributed by atoms with van der Waals surface area (Å²) < 4.78 is 75.8. The number of carbonyl (C=O) groups excluding carboxylic acids is 1. The van der Waals surface area contributed by atoms with Crippen LogP contribution >= 0.6 is 0 Å². The second-order valence-corrected chi connectivity index (χ2v) is 12.9. The standard InChI is InChI=1S/C29H29N7O9S2.2Na/c1-16-12-18(4-7-21(16)33-26(37)15-45-11-3-10-32-36-31)19-5-8-22(17(2)13-19)34-35-23-9-6-20-24(46(39,40)41)14-25(47(42,43)44)28(30)27(20)29(23)38;;/h4-9,12-14,38H,3,10-11,15,30H2,1-2H3,(H,33,37)(H,39,40,41)(H,42,43,44);;/q;2*+1/p-2. The smallest absolute Gasteiger partial charge is 0.744 e. The van der Waals surface area contributed by atoms with Crippen LogP contribution in [0.4, 0.5) is 22.7 Å². The number of aryl methyl sites for hydroxylation is 2. The van der Waals surface area contributed by atoms with Crippen LogP contribution in [0.5, 0.6) is 5.75 Å². The first-order valence-electron chi connectivity index (χ1n) is 13.6.